The Hall–Kier alpha value is -2.02. The molecule has 1 aromatic rings. The molecule has 1 unspecified atom stereocenters. The van der Waals surface area contributed by atoms with E-state index in [9.17, 15) is 4.79 Å². The van der Waals surface area contributed by atoms with Crippen LogP contribution in [0.5, 0.6) is 0 Å². The molecule has 0 heterocycles. The topological polar surface area (TPSA) is 76.1 Å². The zero-order valence-corrected chi connectivity index (χ0v) is 8.65. The van der Waals surface area contributed by atoms with Crippen LogP contribution in [0, 0.1) is 18.3 Å². The minimum Gasteiger partial charge on any atom is -0.444 e. The van der Waals surface area contributed by atoms with Gasteiger partial charge in [-0.15, -0.1) is 0 Å². The van der Waals surface area contributed by atoms with Gasteiger partial charge in [0.1, 0.15) is 6.07 Å². The summed E-state index contributed by atoms with van der Waals surface area (Å²) in [5.41, 5.74) is 7.26. The lowest BCUT2D eigenvalue weighted by Gasteiger charge is -2.09. The summed E-state index contributed by atoms with van der Waals surface area (Å²) in [5, 5.41) is 8.50. The summed E-state index contributed by atoms with van der Waals surface area (Å²) in [5.74, 6) is -0.520. The second kappa shape index (κ2) is 4.47. The van der Waals surface area contributed by atoms with Gasteiger partial charge < -0.3 is 10.5 Å². The van der Waals surface area contributed by atoms with E-state index in [1.807, 2.05) is 6.07 Å². The Kier molecular flexibility index (Phi) is 3.29. The lowest BCUT2D eigenvalue weighted by molar-refractivity contribution is 0.0434. The maximum absolute atomic E-state index is 11.6. The van der Waals surface area contributed by atoms with Crippen LogP contribution in [0.1, 0.15) is 22.8 Å². The molecule has 2 N–H and O–H groups in total. The van der Waals surface area contributed by atoms with Crippen molar-refractivity contribution in [1.29, 1.82) is 5.26 Å². The van der Waals surface area contributed by atoms with Crippen molar-refractivity contribution < 1.29 is 9.53 Å². The summed E-state index contributed by atoms with van der Waals surface area (Å²) < 4.78 is 4.87. The number of ether oxygens (including phenoxy) is 1. The van der Waals surface area contributed by atoms with Gasteiger partial charge in [0.15, 0.2) is 6.10 Å². The molecule has 0 amide bonds. The van der Waals surface area contributed by atoms with E-state index in [0.29, 0.717) is 16.8 Å². The number of anilines is 1. The van der Waals surface area contributed by atoms with E-state index < -0.39 is 12.1 Å². The number of nitriles is 1. The molecule has 1 rings (SSSR count). The third-order valence-corrected chi connectivity index (χ3v) is 2.06. The molecule has 0 bridgehead atoms. The minimum absolute atomic E-state index is 0.400. The Balaban J connectivity index is 2.93. The van der Waals surface area contributed by atoms with Crippen molar-refractivity contribution in [1.82, 2.24) is 0 Å². The zero-order valence-electron chi connectivity index (χ0n) is 8.65. The second-order valence-electron chi connectivity index (χ2n) is 3.20. The van der Waals surface area contributed by atoms with Crippen LogP contribution in [-0.4, -0.2) is 12.1 Å². The average molecular weight is 204 g/mol. The lowest BCUT2D eigenvalue weighted by atomic mass is 10.1. The average Bonchev–Trinajstić information content (AvgIpc) is 2.21. The van der Waals surface area contributed by atoms with Crippen LogP contribution in [0.2, 0.25) is 0 Å². The molecule has 0 fully saturated rings. The third kappa shape index (κ3) is 2.47. The van der Waals surface area contributed by atoms with Crippen molar-refractivity contribution in [3.63, 3.8) is 0 Å². The monoisotopic (exact) mass is 204 g/mol. The SMILES string of the molecule is Cc1c(N)cccc1C(=O)OC(C)C#N. The molecule has 1 atom stereocenters. The number of benzene rings is 1. The van der Waals surface area contributed by atoms with Crippen LogP contribution < -0.4 is 5.73 Å². The maximum Gasteiger partial charge on any atom is 0.339 e. The van der Waals surface area contributed by atoms with Crippen molar-refractivity contribution in [2.75, 3.05) is 5.73 Å². The van der Waals surface area contributed by atoms with Gasteiger partial charge in [0.2, 0.25) is 0 Å². The normalized spacial score (nSPS) is 11.5. The number of hydrogen-bond donors (Lipinski definition) is 1. The van der Waals surface area contributed by atoms with Gasteiger partial charge in [-0.2, -0.15) is 5.26 Å². The summed E-state index contributed by atoms with van der Waals surface area (Å²) in [4.78, 5) is 11.6. The van der Waals surface area contributed by atoms with Crippen LogP contribution in [0.25, 0.3) is 0 Å². The summed E-state index contributed by atoms with van der Waals surface area (Å²) in [7, 11) is 0. The van der Waals surface area contributed by atoms with Gasteiger partial charge in [-0.25, -0.2) is 4.79 Å². The van der Waals surface area contributed by atoms with Crippen molar-refractivity contribution in [2.24, 2.45) is 0 Å². The van der Waals surface area contributed by atoms with Crippen LogP contribution in [0.3, 0.4) is 0 Å². The van der Waals surface area contributed by atoms with Crippen LogP contribution in [0.4, 0.5) is 5.69 Å². The van der Waals surface area contributed by atoms with E-state index in [0.717, 1.165) is 0 Å². The van der Waals surface area contributed by atoms with Crippen LogP contribution in [0.15, 0.2) is 18.2 Å². The third-order valence-electron chi connectivity index (χ3n) is 2.06. The number of esters is 1. The molecule has 0 aliphatic heterocycles. The first-order valence-electron chi connectivity index (χ1n) is 4.52. The van der Waals surface area contributed by atoms with E-state index >= 15 is 0 Å². The number of carbonyl (C=O) groups is 1. The minimum atomic E-state index is -0.752. The predicted octanol–water partition coefficient (Wildman–Crippen LogP) is 1.65. The highest BCUT2D eigenvalue weighted by molar-refractivity contribution is 5.92. The van der Waals surface area contributed by atoms with Gasteiger partial charge in [-0.05, 0) is 31.5 Å². The van der Waals surface area contributed by atoms with Crippen molar-refractivity contribution in [2.45, 2.75) is 20.0 Å². The first kappa shape index (κ1) is 11.1. The van der Waals surface area contributed by atoms with Crippen LogP contribution >= 0.6 is 0 Å². The molecule has 0 aliphatic carbocycles. The molecule has 4 nitrogen and oxygen atoms in total. The second-order valence-corrected chi connectivity index (χ2v) is 3.20. The Bertz CT molecular complexity index is 421. The van der Waals surface area contributed by atoms with Gasteiger partial charge in [0, 0.05) is 5.69 Å². The number of nitrogen functional groups attached to an aromatic ring is 1. The Morgan fingerprint density at radius 2 is 2.27 bits per heavy atom. The Labute approximate surface area is 88.3 Å². The Morgan fingerprint density at radius 3 is 2.87 bits per heavy atom. The molecular formula is C11H12N2O2. The summed E-state index contributed by atoms with van der Waals surface area (Å²) in [6.45, 7) is 3.25. The first-order chi connectivity index (χ1) is 7.06. The molecule has 1 aromatic carbocycles. The fourth-order valence-corrected chi connectivity index (χ4v) is 1.13. The number of nitrogens with two attached hydrogens (primary N) is 1. The Morgan fingerprint density at radius 1 is 1.60 bits per heavy atom. The van der Waals surface area contributed by atoms with Crippen LogP contribution in [-0.2, 0) is 4.74 Å². The summed E-state index contributed by atoms with van der Waals surface area (Å²) >= 11 is 0. The van der Waals surface area contributed by atoms with E-state index in [-0.39, 0.29) is 0 Å². The molecule has 0 spiro atoms. The van der Waals surface area contributed by atoms with Crippen molar-refractivity contribution in [3.8, 4) is 6.07 Å². The fourth-order valence-electron chi connectivity index (χ4n) is 1.13. The van der Waals surface area contributed by atoms with E-state index in [4.69, 9.17) is 15.7 Å². The molecule has 0 aliphatic rings. The van der Waals surface area contributed by atoms with Gasteiger partial charge in [0.25, 0.3) is 0 Å². The van der Waals surface area contributed by atoms with Gasteiger partial charge in [-0.1, -0.05) is 6.07 Å². The summed E-state index contributed by atoms with van der Waals surface area (Å²) in [6, 6.07) is 6.83. The van der Waals surface area contributed by atoms with Gasteiger partial charge in [-0.3, -0.25) is 0 Å². The molecule has 0 radical (unpaired) electrons. The van der Waals surface area contributed by atoms with Crippen molar-refractivity contribution in [3.05, 3.63) is 29.3 Å². The smallest absolute Gasteiger partial charge is 0.339 e. The molecular weight excluding hydrogens is 192 g/mol. The van der Waals surface area contributed by atoms with E-state index in [2.05, 4.69) is 0 Å². The fraction of sp³-hybridized carbons (Fsp3) is 0.273. The lowest BCUT2D eigenvalue weighted by Crippen LogP contribution is -2.14. The van der Waals surface area contributed by atoms with Gasteiger partial charge >= 0.3 is 5.97 Å². The van der Waals surface area contributed by atoms with E-state index in [1.165, 1.54) is 6.92 Å². The summed E-state index contributed by atoms with van der Waals surface area (Å²) in [6.07, 6.45) is -0.752. The highest BCUT2D eigenvalue weighted by atomic mass is 16.5. The van der Waals surface area contributed by atoms with Gasteiger partial charge in [0.05, 0.1) is 5.56 Å². The molecule has 4 heteroatoms. The predicted molar refractivity (Wildman–Crippen MR) is 56.1 cm³/mol. The first-order valence-corrected chi connectivity index (χ1v) is 4.52. The number of hydrogen-bond acceptors (Lipinski definition) is 4. The van der Waals surface area contributed by atoms with E-state index in [1.54, 1.807) is 25.1 Å². The quantitative estimate of drug-likeness (QED) is 0.587. The largest absolute Gasteiger partial charge is 0.444 e. The molecule has 78 valence electrons. The standard InChI is InChI=1S/C11H12N2O2/c1-7(6-12)15-11(14)9-4-3-5-10(13)8(9)2/h3-5,7H,13H2,1-2H3. The highest BCUT2D eigenvalue weighted by Gasteiger charge is 2.14. The highest BCUT2D eigenvalue weighted by Crippen LogP contribution is 2.16. The zero-order chi connectivity index (χ0) is 11.4. The number of rotatable bonds is 2. The molecule has 0 aromatic heterocycles. The van der Waals surface area contributed by atoms with Crippen molar-refractivity contribution >= 4 is 11.7 Å². The molecule has 0 saturated heterocycles. The number of carbonyl (C=O) groups excluding carboxylic acids is 1. The molecule has 0 saturated carbocycles. The number of nitrogens with zero attached hydrogens (tertiary/aromatic N) is 1. The maximum atomic E-state index is 11.6. The molecule has 15 heavy (non-hydrogen) atoms.